The zero-order valence-corrected chi connectivity index (χ0v) is 19.3. The van der Waals surface area contributed by atoms with Crippen LogP contribution in [0.1, 0.15) is 42.6 Å². The summed E-state index contributed by atoms with van der Waals surface area (Å²) in [6.45, 7) is 6.01. The normalized spacial score (nSPS) is 15.1. The van der Waals surface area contributed by atoms with Crippen LogP contribution >= 0.6 is 0 Å². The van der Waals surface area contributed by atoms with Crippen LogP contribution < -0.4 is 5.32 Å². The fraction of sp³-hybridized carbons (Fsp3) is 0.423. The third-order valence-electron chi connectivity index (χ3n) is 6.30. The van der Waals surface area contributed by atoms with E-state index in [4.69, 9.17) is 0 Å². The maximum Gasteiger partial charge on any atom is 0.251 e. The number of benzene rings is 2. The highest BCUT2D eigenvalue weighted by Gasteiger charge is 2.35. The van der Waals surface area contributed by atoms with E-state index < -0.39 is 17.8 Å². The fourth-order valence-corrected chi connectivity index (χ4v) is 4.30. The Morgan fingerprint density at radius 2 is 1.61 bits per heavy atom. The number of carbonyl (C=O) groups excluding carboxylic acids is 3. The lowest BCUT2D eigenvalue weighted by Gasteiger charge is -2.37. The van der Waals surface area contributed by atoms with E-state index in [0.717, 1.165) is 5.56 Å². The molecule has 176 valence electrons. The standard InChI is InChI=1S/C26H32FN3O3/c1-3-29(4-2)26(33)24(28-25(32)21-10-12-22(27)13-11-21)20-14-16-30(17-15-20)23(31)18-19-8-6-5-7-9-19/h5-13,20,24H,3-4,14-18H2,1-2H3,(H,28,32)/t24-/m1/s1. The second kappa shape index (κ2) is 11.6. The molecule has 1 saturated heterocycles. The molecular formula is C26H32FN3O3. The van der Waals surface area contributed by atoms with Crippen molar-refractivity contribution in [1.29, 1.82) is 0 Å². The van der Waals surface area contributed by atoms with Gasteiger partial charge in [-0.1, -0.05) is 30.3 Å². The molecule has 0 spiro atoms. The molecule has 0 radical (unpaired) electrons. The van der Waals surface area contributed by atoms with Crippen LogP contribution in [-0.4, -0.2) is 59.7 Å². The van der Waals surface area contributed by atoms with Gasteiger partial charge in [-0.25, -0.2) is 4.39 Å². The fourth-order valence-electron chi connectivity index (χ4n) is 4.30. The van der Waals surface area contributed by atoms with Crippen LogP contribution in [-0.2, 0) is 16.0 Å². The third kappa shape index (κ3) is 6.40. The summed E-state index contributed by atoms with van der Waals surface area (Å²) in [4.78, 5) is 42.3. The van der Waals surface area contributed by atoms with Crippen molar-refractivity contribution in [3.05, 3.63) is 71.5 Å². The van der Waals surface area contributed by atoms with E-state index >= 15 is 0 Å². The SMILES string of the molecule is CCN(CC)C(=O)[C@H](NC(=O)c1ccc(F)cc1)C1CCN(C(=O)Cc2ccccc2)CC1. The number of nitrogens with one attached hydrogen (secondary N) is 1. The Kier molecular flexibility index (Phi) is 8.58. The molecule has 6 nitrogen and oxygen atoms in total. The maximum absolute atomic E-state index is 13.3. The predicted molar refractivity (Wildman–Crippen MR) is 125 cm³/mol. The van der Waals surface area contributed by atoms with Gasteiger partial charge in [0.05, 0.1) is 6.42 Å². The summed E-state index contributed by atoms with van der Waals surface area (Å²) in [6, 6.07) is 14.2. The van der Waals surface area contributed by atoms with Crippen molar-refractivity contribution < 1.29 is 18.8 Å². The Labute approximate surface area is 194 Å². The summed E-state index contributed by atoms with van der Waals surface area (Å²) in [7, 11) is 0. The Bertz CT molecular complexity index is 937. The second-order valence-electron chi connectivity index (χ2n) is 8.35. The summed E-state index contributed by atoms with van der Waals surface area (Å²) in [5.41, 5.74) is 1.29. The van der Waals surface area contributed by atoms with Crippen LogP contribution in [0.4, 0.5) is 4.39 Å². The Morgan fingerprint density at radius 1 is 1.00 bits per heavy atom. The van der Waals surface area contributed by atoms with E-state index in [1.165, 1.54) is 24.3 Å². The van der Waals surface area contributed by atoms with Gasteiger partial charge < -0.3 is 15.1 Å². The predicted octanol–water partition coefficient (Wildman–Crippen LogP) is 3.27. The van der Waals surface area contributed by atoms with E-state index in [9.17, 15) is 18.8 Å². The number of hydrogen-bond donors (Lipinski definition) is 1. The number of hydrogen-bond acceptors (Lipinski definition) is 3. The average Bonchev–Trinajstić information content (AvgIpc) is 2.84. The lowest BCUT2D eigenvalue weighted by atomic mass is 9.88. The topological polar surface area (TPSA) is 69.7 Å². The smallest absolute Gasteiger partial charge is 0.251 e. The van der Waals surface area contributed by atoms with E-state index in [1.807, 2.05) is 49.1 Å². The molecule has 0 aliphatic carbocycles. The summed E-state index contributed by atoms with van der Waals surface area (Å²) in [5, 5.41) is 2.90. The molecule has 1 aliphatic heterocycles. The van der Waals surface area contributed by atoms with Crippen LogP contribution in [0.15, 0.2) is 54.6 Å². The Hall–Kier alpha value is -3.22. The monoisotopic (exact) mass is 453 g/mol. The number of rotatable bonds is 8. The molecule has 7 heteroatoms. The van der Waals surface area contributed by atoms with Gasteiger partial charge in [-0.05, 0) is 62.4 Å². The molecule has 1 aliphatic rings. The minimum Gasteiger partial charge on any atom is -0.342 e. The molecule has 1 N–H and O–H groups in total. The lowest BCUT2D eigenvalue weighted by molar-refractivity contribution is -0.135. The van der Waals surface area contributed by atoms with Gasteiger partial charge in [0.2, 0.25) is 11.8 Å². The van der Waals surface area contributed by atoms with Crippen molar-refractivity contribution >= 4 is 17.7 Å². The van der Waals surface area contributed by atoms with Crippen LogP contribution in [0.3, 0.4) is 0 Å². The van der Waals surface area contributed by atoms with Gasteiger partial charge in [0, 0.05) is 31.7 Å². The van der Waals surface area contributed by atoms with Crippen LogP contribution in [0, 0.1) is 11.7 Å². The number of halogens is 1. The minimum absolute atomic E-state index is 0.0709. The average molecular weight is 454 g/mol. The summed E-state index contributed by atoms with van der Waals surface area (Å²) >= 11 is 0. The number of nitrogens with zero attached hydrogens (tertiary/aromatic N) is 2. The molecule has 33 heavy (non-hydrogen) atoms. The Morgan fingerprint density at radius 3 is 2.18 bits per heavy atom. The molecule has 0 saturated carbocycles. The van der Waals surface area contributed by atoms with Gasteiger partial charge in [0.15, 0.2) is 0 Å². The van der Waals surface area contributed by atoms with Crippen molar-refractivity contribution in [3.63, 3.8) is 0 Å². The quantitative estimate of drug-likeness (QED) is 0.667. The van der Waals surface area contributed by atoms with Crippen LogP contribution in [0.2, 0.25) is 0 Å². The van der Waals surface area contributed by atoms with E-state index in [0.29, 0.717) is 51.0 Å². The number of amides is 3. The van der Waals surface area contributed by atoms with Gasteiger partial charge in [-0.3, -0.25) is 14.4 Å². The van der Waals surface area contributed by atoms with Crippen molar-refractivity contribution in [2.45, 2.75) is 39.2 Å². The molecular weight excluding hydrogens is 421 g/mol. The minimum atomic E-state index is -0.686. The highest BCUT2D eigenvalue weighted by Crippen LogP contribution is 2.23. The molecule has 2 aromatic rings. The van der Waals surface area contributed by atoms with Gasteiger partial charge >= 0.3 is 0 Å². The Balaban J connectivity index is 1.67. The van der Waals surface area contributed by atoms with Crippen molar-refractivity contribution in [1.82, 2.24) is 15.1 Å². The van der Waals surface area contributed by atoms with Gasteiger partial charge in [0.25, 0.3) is 5.91 Å². The molecule has 3 rings (SSSR count). The van der Waals surface area contributed by atoms with Gasteiger partial charge in [-0.2, -0.15) is 0 Å². The molecule has 1 heterocycles. The van der Waals surface area contributed by atoms with Crippen LogP contribution in [0.5, 0.6) is 0 Å². The number of likely N-dealkylation sites (tertiary alicyclic amines) is 1. The number of likely N-dealkylation sites (N-methyl/N-ethyl adjacent to an activating group) is 1. The first-order valence-electron chi connectivity index (χ1n) is 11.6. The summed E-state index contributed by atoms with van der Waals surface area (Å²) in [5.74, 6) is -0.952. The van der Waals surface area contributed by atoms with Crippen molar-refractivity contribution in [3.8, 4) is 0 Å². The number of piperidine rings is 1. The highest BCUT2D eigenvalue weighted by atomic mass is 19.1. The zero-order valence-electron chi connectivity index (χ0n) is 19.3. The van der Waals surface area contributed by atoms with E-state index in [1.54, 1.807) is 4.90 Å². The summed E-state index contributed by atoms with van der Waals surface area (Å²) in [6.07, 6.45) is 1.61. The molecule has 1 atom stereocenters. The third-order valence-corrected chi connectivity index (χ3v) is 6.30. The zero-order chi connectivity index (χ0) is 23.8. The number of carbonyl (C=O) groups is 3. The van der Waals surface area contributed by atoms with Crippen molar-refractivity contribution in [2.24, 2.45) is 5.92 Å². The van der Waals surface area contributed by atoms with Gasteiger partial charge in [-0.15, -0.1) is 0 Å². The molecule has 1 fully saturated rings. The first-order chi connectivity index (χ1) is 15.9. The lowest BCUT2D eigenvalue weighted by Crippen LogP contribution is -2.54. The molecule has 3 amide bonds. The van der Waals surface area contributed by atoms with Crippen molar-refractivity contribution in [2.75, 3.05) is 26.2 Å². The largest absolute Gasteiger partial charge is 0.342 e. The molecule has 0 bridgehead atoms. The second-order valence-corrected chi connectivity index (χ2v) is 8.35. The molecule has 0 aromatic heterocycles. The first-order valence-corrected chi connectivity index (χ1v) is 11.6. The maximum atomic E-state index is 13.3. The van der Waals surface area contributed by atoms with Gasteiger partial charge in [0.1, 0.15) is 11.9 Å². The summed E-state index contributed by atoms with van der Waals surface area (Å²) < 4.78 is 13.2. The van der Waals surface area contributed by atoms with E-state index in [-0.39, 0.29) is 17.7 Å². The van der Waals surface area contributed by atoms with Crippen LogP contribution in [0.25, 0.3) is 0 Å². The highest BCUT2D eigenvalue weighted by molar-refractivity contribution is 5.97. The molecule has 0 unspecified atom stereocenters. The molecule has 2 aromatic carbocycles. The van der Waals surface area contributed by atoms with E-state index in [2.05, 4.69) is 5.32 Å². The first kappa shape index (κ1) is 24.4.